The number of anilines is 3. The van der Waals surface area contributed by atoms with Gasteiger partial charge in [0.2, 0.25) is 11.4 Å². The van der Waals surface area contributed by atoms with Crippen LogP contribution >= 0.6 is 0 Å². The van der Waals surface area contributed by atoms with Crippen molar-refractivity contribution in [1.29, 1.82) is 0 Å². The van der Waals surface area contributed by atoms with Crippen LogP contribution in [0.4, 0.5) is 17.1 Å². The maximum Gasteiger partial charge on any atom is 0.212 e. The molecule has 0 fully saturated rings. The van der Waals surface area contributed by atoms with Gasteiger partial charge in [-0.25, -0.2) is 14.1 Å². The van der Waals surface area contributed by atoms with E-state index in [-0.39, 0.29) is 5.41 Å². The lowest BCUT2D eigenvalue weighted by Crippen LogP contribution is -2.31. The summed E-state index contributed by atoms with van der Waals surface area (Å²) in [6.45, 7) is 15.6. The Morgan fingerprint density at radius 1 is 0.613 bits per heavy atom. The van der Waals surface area contributed by atoms with Crippen LogP contribution in [0.1, 0.15) is 79.1 Å². The van der Waals surface area contributed by atoms with Crippen LogP contribution < -0.4 is 19.8 Å². The van der Waals surface area contributed by atoms with Gasteiger partial charge in [-0.05, 0) is 173 Å². The number of nitrogens with zero attached hydrogens (tertiary/aromatic N) is 5. The highest BCUT2D eigenvalue weighted by atomic mass is 15.2. The van der Waals surface area contributed by atoms with E-state index in [1.807, 2.05) is 50.2 Å². The predicted molar refractivity (Wildman–Crippen MR) is 338 cm³/mol. The molecule has 1 aliphatic heterocycles. The van der Waals surface area contributed by atoms with Gasteiger partial charge in [0.05, 0.1) is 29.0 Å². The highest BCUT2D eigenvalue weighted by Gasteiger charge is 2.37. The van der Waals surface area contributed by atoms with E-state index < -0.39 is 0 Å². The van der Waals surface area contributed by atoms with E-state index >= 15 is 0 Å². The Balaban J connectivity index is 0.000000284. The van der Waals surface area contributed by atoms with Crippen molar-refractivity contribution in [2.75, 3.05) is 11.9 Å². The molecule has 396 valence electrons. The van der Waals surface area contributed by atoms with Crippen molar-refractivity contribution in [3.8, 4) is 57.6 Å². The Labute approximate surface area is 475 Å². The standard InChI is InChI=1S/C54H47N3.C17H18N2.C2H2.CH5N/c1-7-16-40-45-33-44-38(32-49(45)54(3,4)48(40)8-2)29-37-26-25-36(31-43(37)44)35-17-13-18-39(30-35)57-52-23-14-19-41(50-21-9-11-27-55(50)5)46(52)34-47-42(20-15-24-53(47)57)51-22-10-12-28-56(51)6;1-14(17-11-7-4-8-12-17)19-15(2)18-13-16-9-5-3-6-10-16;2*1-2/h7-28,30-33H,2,29,34H2,1,3-6H3;3-12H,13H2,1-2H3;1-2H;2H2,1H3/q+2;;;/b16-7-;;;. The summed E-state index contributed by atoms with van der Waals surface area (Å²) in [6, 6.07) is 68.1. The van der Waals surface area contributed by atoms with E-state index in [2.05, 4.69) is 266 Å². The summed E-state index contributed by atoms with van der Waals surface area (Å²) >= 11 is 0. The van der Waals surface area contributed by atoms with E-state index in [1.165, 1.54) is 113 Å². The molecule has 80 heavy (non-hydrogen) atoms. The third kappa shape index (κ3) is 10.9. The summed E-state index contributed by atoms with van der Waals surface area (Å²) in [5, 5.41) is 0. The Morgan fingerprint density at radius 3 is 1.79 bits per heavy atom. The van der Waals surface area contributed by atoms with Crippen LogP contribution in [0.3, 0.4) is 0 Å². The number of hydrogen-bond acceptors (Lipinski definition) is 3. The molecule has 0 saturated carbocycles. The number of aryl methyl sites for hydroxylation is 2. The Morgan fingerprint density at radius 2 is 1.19 bits per heavy atom. The number of rotatable bonds is 9. The van der Waals surface area contributed by atoms with Gasteiger partial charge in [-0.2, -0.15) is 0 Å². The summed E-state index contributed by atoms with van der Waals surface area (Å²) in [4.78, 5) is 11.5. The second-order valence-electron chi connectivity index (χ2n) is 20.7. The second-order valence-corrected chi connectivity index (χ2v) is 20.7. The first kappa shape index (κ1) is 55.5. The molecule has 7 aromatic carbocycles. The number of allylic oxidation sites excluding steroid dienone is 5. The highest BCUT2D eigenvalue weighted by molar-refractivity contribution is 6.05. The topological polar surface area (TPSA) is 61.7 Å². The molecule has 0 unspecified atom stereocenters. The average molecular weight is 1050 g/mol. The van der Waals surface area contributed by atoms with Crippen molar-refractivity contribution >= 4 is 34.2 Å². The zero-order chi connectivity index (χ0) is 56.5. The molecule has 0 spiro atoms. The van der Waals surface area contributed by atoms with E-state index in [0.717, 1.165) is 35.6 Å². The number of amidine groups is 1. The van der Waals surface area contributed by atoms with Gasteiger partial charge >= 0.3 is 0 Å². The van der Waals surface area contributed by atoms with Crippen molar-refractivity contribution in [2.24, 2.45) is 29.8 Å². The average Bonchev–Trinajstić information content (AvgIpc) is 3.96. The molecule has 2 N–H and O–H groups in total. The fraction of sp³-hybridized carbons (Fsp3) is 0.162. The zero-order valence-electron chi connectivity index (χ0n) is 47.6. The lowest BCUT2D eigenvalue weighted by atomic mass is 9.80. The molecule has 9 aromatic rings. The monoisotopic (exact) mass is 1040 g/mol. The molecule has 3 heterocycles. The summed E-state index contributed by atoms with van der Waals surface area (Å²) < 4.78 is 4.46. The van der Waals surface area contributed by atoms with E-state index in [0.29, 0.717) is 6.54 Å². The Hall–Kier alpha value is -9.28. The Kier molecular flexibility index (Phi) is 17.0. The third-order valence-corrected chi connectivity index (χ3v) is 15.6. The molecule has 6 nitrogen and oxygen atoms in total. The molecule has 3 aliphatic rings. The second kappa shape index (κ2) is 24.6. The van der Waals surface area contributed by atoms with Crippen molar-refractivity contribution in [1.82, 2.24) is 0 Å². The minimum absolute atomic E-state index is 0.0773. The molecule has 6 heteroatoms. The summed E-state index contributed by atoms with van der Waals surface area (Å²) in [5.74, 6) is 0.810. The SMILES string of the molecule is C#C.C=CC1=C(/C=C\C)c2cc3c(cc2C1(C)C)Cc1ccc(-c2cccc(N4c5cccc(-c6cccc[n+]6C)c5Cc5c(-c6cccc[n+]6C)cccc54)c2)cc1-3.CC(=NCc1ccccc1)N=C(C)c1ccccc1.CN. The molecule has 12 rings (SSSR count). The lowest BCUT2D eigenvalue weighted by Gasteiger charge is -2.35. The van der Waals surface area contributed by atoms with Gasteiger partial charge < -0.3 is 10.6 Å². The van der Waals surface area contributed by atoms with Gasteiger partial charge in [-0.3, -0.25) is 4.99 Å². The first-order chi connectivity index (χ1) is 39.0. The van der Waals surface area contributed by atoms with Gasteiger partial charge in [0.15, 0.2) is 12.4 Å². The van der Waals surface area contributed by atoms with Gasteiger partial charge in [0.1, 0.15) is 19.9 Å². The molecule has 0 saturated heterocycles. The number of pyridine rings is 2. The van der Waals surface area contributed by atoms with Gasteiger partial charge in [0, 0.05) is 47.5 Å². The predicted octanol–water partition coefficient (Wildman–Crippen LogP) is 16.0. The molecule has 0 radical (unpaired) electrons. The number of fused-ring (bicyclic) bond motifs is 6. The van der Waals surface area contributed by atoms with Crippen LogP contribution in [0.5, 0.6) is 0 Å². The number of aromatic nitrogens is 2. The minimum atomic E-state index is -0.0773. The number of terminal acetylenes is 1. The molecular weight excluding hydrogens is 973 g/mol. The molecule has 0 bridgehead atoms. The van der Waals surface area contributed by atoms with E-state index in [1.54, 1.807) is 0 Å². The van der Waals surface area contributed by atoms with Crippen LogP contribution in [-0.2, 0) is 38.9 Å². The zero-order valence-corrected chi connectivity index (χ0v) is 47.6. The molecular formula is C74H72N6+2. The van der Waals surface area contributed by atoms with E-state index in [4.69, 9.17) is 0 Å². The lowest BCUT2D eigenvalue weighted by molar-refractivity contribution is -0.660. The fourth-order valence-corrected chi connectivity index (χ4v) is 11.7. The quantitative estimate of drug-likeness (QED) is 0.0678. The number of aliphatic imine (C=N–C) groups is 2. The first-order valence-electron chi connectivity index (χ1n) is 27.4. The summed E-state index contributed by atoms with van der Waals surface area (Å²) in [7, 11) is 5.78. The van der Waals surface area contributed by atoms with Gasteiger partial charge in [-0.1, -0.05) is 142 Å². The summed E-state index contributed by atoms with van der Waals surface area (Å²) in [6.07, 6.45) is 20.5. The normalized spacial score (nSPS) is 13.5. The van der Waals surface area contributed by atoms with Crippen molar-refractivity contribution in [3.05, 3.63) is 275 Å². The van der Waals surface area contributed by atoms with E-state index in [9.17, 15) is 0 Å². The van der Waals surface area contributed by atoms with Crippen molar-refractivity contribution < 1.29 is 9.13 Å². The fourth-order valence-electron chi connectivity index (χ4n) is 11.7. The Bertz CT molecular complexity index is 3790. The molecule has 2 aliphatic carbocycles. The smallest absolute Gasteiger partial charge is 0.212 e. The van der Waals surface area contributed by atoms with Crippen LogP contribution in [0, 0.1) is 12.8 Å². The van der Waals surface area contributed by atoms with Gasteiger partial charge in [-0.15, -0.1) is 12.8 Å². The third-order valence-electron chi connectivity index (χ3n) is 15.6. The number of hydrogen-bond donors (Lipinski definition) is 1. The molecule has 2 aromatic heterocycles. The van der Waals surface area contributed by atoms with Crippen molar-refractivity contribution in [2.45, 2.75) is 59.4 Å². The first-order valence-corrected chi connectivity index (χ1v) is 27.4. The van der Waals surface area contributed by atoms with Crippen LogP contribution in [0.15, 0.2) is 241 Å². The van der Waals surface area contributed by atoms with Crippen LogP contribution in [-0.4, -0.2) is 18.6 Å². The highest BCUT2D eigenvalue weighted by Crippen LogP contribution is 2.52. The van der Waals surface area contributed by atoms with Crippen LogP contribution in [0.25, 0.3) is 50.3 Å². The molecule has 0 atom stereocenters. The van der Waals surface area contributed by atoms with Crippen LogP contribution in [0.2, 0.25) is 0 Å². The minimum Gasteiger partial charge on any atom is -0.333 e. The number of nitrogens with two attached hydrogens (primary N) is 1. The summed E-state index contributed by atoms with van der Waals surface area (Å²) in [5.41, 5.74) is 32.2. The number of benzene rings is 7. The maximum atomic E-state index is 4.53. The van der Waals surface area contributed by atoms with Gasteiger partial charge in [0.25, 0.3) is 0 Å². The molecule has 0 amide bonds. The van der Waals surface area contributed by atoms with Crippen molar-refractivity contribution in [3.63, 3.8) is 0 Å². The maximum absolute atomic E-state index is 4.53. The largest absolute Gasteiger partial charge is 0.333 e.